The van der Waals surface area contributed by atoms with Gasteiger partial charge < -0.3 is 5.21 Å². The lowest BCUT2D eigenvalue weighted by Gasteiger charge is -2.32. The van der Waals surface area contributed by atoms with Crippen LogP contribution in [0, 0.1) is 23.5 Å². The molecule has 2 aliphatic rings. The average Bonchev–Trinajstić information content (AvgIpc) is 3.13. The number of alkyl halides is 6. The van der Waals surface area contributed by atoms with Crippen LogP contribution in [0.15, 0.2) is 102 Å². The number of piperidine rings is 2. The van der Waals surface area contributed by atoms with Gasteiger partial charge in [0.1, 0.15) is 11.6 Å². The number of carbonyl (C=O) groups excluding carboxylic acids is 1. The second-order valence-corrected chi connectivity index (χ2v) is 13.3. The van der Waals surface area contributed by atoms with Gasteiger partial charge in [0.25, 0.3) is 0 Å². The van der Waals surface area contributed by atoms with E-state index in [1.807, 2.05) is 60.7 Å². The molecule has 2 saturated heterocycles. The van der Waals surface area contributed by atoms with E-state index in [4.69, 9.17) is 0 Å². The summed E-state index contributed by atoms with van der Waals surface area (Å²) in [5, 5.41) is 12.6. The lowest BCUT2D eigenvalue weighted by molar-refractivity contribution is -0.138. The minimum absolute atomic E-state index is 0. The zero-order chi connectivity index (χ0) is 38.2. The van der Waals surface area contributed by atoms with Gasteiger partial charge in [-0.25, -0.2) is 8.78 Å². The molecule has 2 heterocycles. The number of likely N-dealkylation sites (tertiary alicyclic amines) is 2. The first kappa shape index (κ1) is 42.1. The molecular weight excluding hydrogens is 718 g/mol. The number of hydrogen-bond donors (Lipinski definition) is 1. The maximum absolute atomic E-state index is 14.2. The number of ketones is 1. The van der Waals surface area contributed by atoms with E-state index in [9.17, 15) is 45.1 Å². The third kappa shape index (κ3) is 11.2. The van der Waals surface area contributed by atoms with Crippen molar-refractivity contribution in [3.8, 4) is 0 Å². The summed E-state index contributed by atoms with van der Waals surface area (Å²) in [7, 11) is 0. The first-order valence-electron chi connectivity index (χ1n) is 17.3. The standard InChI is InChI=1S/C20H20F4N2O.C20H19F4NO.CH4/c21-18-12-16(20(22,23)24)6-7-17(18)19(25-27)15-8-10-26(11-9-15)13-14-4-2-1-3-5-14;21-18-12-16(20(22,23)24)6-7-17(18)19(26)15-8-10-25(11-9-15)13-14-4-2-1-3-5-14;/h1-7,12,15,27H,8-11,13H2;1-7,12,15H,8-11,13H2;1H4/b25-19+;;. The van der Waals surface area contributed by atoms with Crippen molar-refractivity contribution in [2.75, 3.05) is 26.2 Å². The summed E-state index contributed by atoms with van der Waals surface area (Å²) in [6.45, 7) is 4.47. The van der Waals surface area contributed by atoms with Crippen LogP contribution in [0.3, 0.4) is 0 Å². The van der Waals surface area contributed by atoms with E-state index < -0.39 is 40.9 Å². The molecule has 13 heteroatoms. The Kier molecular flexibility index (Phi) is 14.5. The van der Waals surface area contributed by atoms with Gasteiger partial charge in [-0.2, -0.15) is 26.3 Å². The summed E-state index contributed by atoms with van der Waals surface area (Å²) in [6.07, 6.45) is -6.79. The fourth-order valence-electron chi connectivity index (χ4n) is 6.77. The Morgan fingerprint density at radius 1 is 0.611 bits per heavy atom. The summed E-state index contributed by atoms with van der Waals surface area (Å²) in [5.74, 6) is -3.09. The van der Waals surface area contributed by atoms with Crippen LogP contribution in [0.1, 0.15) is 71.3 Å². The van der Waals surface area contributed by atoms with E-state index in [0.717, 1.165) is 50.4 Å². The highest BCUT2D eigenvalue weighted by molar-refractivity contribution is 6.02. The molecule has 0 aliphatic carbocycles. The normalized spacial score (nSPS) is 16.6. The number of oxime groups is 1. The average molecular weight is 762 g/mol. The van der Waals surface area contributed by atoms with Crippen LogP contribution in [0.25, 0.3) is 0 Å². The maximum atomic E-state index is 14.2. The first-order valence-corrected chi connectivity index (χ1v) is 17.3. The Morgan fingerprint density at radius 3 is 1.37 bits per heavy atom. The lowest BCUT2D eigenvalue weighted by Crippen LogP contribution is -2.36. The third-order valence-corrected chi connectivity index (χ3v) is 9.67. The third-order valence-electron chi connectivity index (χ3n) is 9.67. The van der Waals surface area contributed by atoms with Gasteiger partial charge in [0.15, 0.2) is 5.78 Å². The predicted octanol–water partition coefficient (Wildman–Crippen LogP) is 10.5. The van der Waals surface area contributed by atoms with Crippen LogP contribution in [-0.2, 0) is 25.4 Å². The fourth-order valence-corrected chi connectivity index (χ4v) is 6.77. The molecule has 2 aliphatic heterocycles. The number of halogens is 8. The van der Waals surface area contributed by atoms with E-state index in [1.54, 1.807) is 0 Å². The molecule has 0 amide bonds. The van der Waals surface area contributed by atoms with Gasteiger partial charge in [-0.05, 0) is 99.4 Å². The highest BCUT2D eigenvalue weighted by atomic mass is 19.4. The minimum atomic E-state index is -4.62. The number of rotatable bonds is 8. The second-order valence-electron chi connectivity index (χ2n) is 13.3. The quantitative estimate of drug-likeness (QED) is 0.0639. The Hall–Kier alpha value is -4.62. The van der Waals surface area contributed by atoms with Crippen molar-refractivity contribution in [2.24, 2.45) is 17.0 Å². The molecule has 1 N–H and O–H groups in total. The molecule has 290 valence electrons. The first-order chi connectivity index (χ1) is 25.2. The van der Waals surface area contributed by atoms with Crippen molar-refractivity contribution >= 4 is 11.5 Å². The van der Waals surface area contributed by atoms with Gasteiger partial charge in [-0.1, -0.05) is 73.2 Å². The van der Waals surface area contributed by atoms with Crippen molar-refractivity contribution in [1.29, 1.82) is 0 Å². The van der Waals surface area contributed by atoms with Gasteiger partial charge in [0.2, 0.25) is 0 Å². The van der Waals surface area contributed by atoms with Crippen LogP contribution >= 0.6 is 0 Å². The van der Waals surface area contributed by atoms with E-state index >= 15 is 0 Å². The summed E-state index contributed by atoms with van der Waals surface area (Å²) in [6, 6.07) is 24.4. The summed E-state index contributed by atoms with van der Waals surface area (Å²) in [5.41, 5.74) is 0.0295. The maximum Gasteiger partial charge on any atom is 0.416 e. The molecule has 0 aromatic heterocycles. The van der Waals surface area contributed by atoms with Gasteiger partial charge >= 0.3 is 12.4 Å². The Morgan fingerprint density at radius 2 is 1.00 bits per heavy atom. The van der Waals surface area contributed by atoms with Gasteiger partial charge in [0.05, 0.1) is 22.4 Å². The molecule has 5 nitrogen and oxygen atoms in total. The lowest BCUT2D eigenvalue weighted by atomic mass is 9.87. The molecule has 0 spiro atoms. The number of hydrogen-bond acceptors (Lipinski definition) is 5. The molecule has 0 radical (unpaired) electrons. The van der Waals surface area contributed by atoms with Crippen LogP contribution in [0.4, 0.5) is 35.1 Å². The number of nitrogens with zero attached hydrogens (tertiary/aromatic N) is 3. The van der Waals surface area contributed by atoms with E-state index in [1.165, 1.54) is 11.1 Å². The topological polar surface area (TPSA) is 56.1 Å². The summed E-state index contributed by atoms with van der Waals surface area (Å²) >= 11 is 0. The summed E-state index contributed by atoms with van der Waals surface area (Å²) < 4.78 is 104. The van der Waals surface area contributed by atoms with E-state index in [0.29, 0.717) is 50.9 Å². The zero-order valence-corrected chi connectivity index (χ0v) is 28.7. The number of benzene rings is 4. The fraction of sp³-hybridized carbons (Fsp3) is 0.366. The highest BCUT2D eigenvalue weighted by Gasteiger charge is 2.34. The highest BCUT2D eigenvalue weighted by Crippen LogP contribution is 2.33. The van der Waals surface area contributed by atoms with Crippen LogP contribution < -0.4 is 0 Å². The van der Waals surface area contributed by atoms with E-state index in [2.05, 4.69) is 15.0 Å². The van der Waals surface area contributed by atoms with Crippen molar-refractivity contribution < 1.29 is 45.1 Å². The monoisotopic (exact) mass is 761 g/mol. The second kappa shape index (κ2) is 18.6. The zero-order valence-electron chi connectivity index (χ0n) is 28.7. The molecule has 0 atom stereocenters. The van der Waals surface area contributed by atoms with Crippen molar-refractivity contribution in [3.05, 3.63) is 142 Å². The van der Waals surface area contributed by atoms with Crippen LogP contribution in [-0.4, -0.2) is 52.7 Å². The van der Waals surface area contributed by atoms with Crippen LogP contribution in [0.5, 0.6) is 0 Å². The van der Waals surface area contributed by atoms with Gasteiger partial charge in [-0.15, -0.1) is 0 Å². The molecule has 0 bridgehead atoms. The smallest absolute Gasteiger partial charge is 0.411 e. The van der Waals surface area contributed by atoms with Gasteiger partial charge in [0, 0.05) is 30.5 Å². The van der Waals surface area contributed by atoms with Gasteiger partial charge in [-0.3, -0.25) is 14.6 Å². The molecule has 0 saturated carbocycles. The molecule has 0 unspecified atom stereocenters. The molecule has 2 fully saturated rings. The molecule has 6 rings (SSSR count). The van der Waals surface area contributed by atoms with Crippen molar-refractivity contribution in [2.45, 2.75) is 58.6 Å². The Labute approximate surface area is 309 Å². The molecule has 54 heavy (non-hydrogen) atoms. The molecule has 4 aromatic carbocycles. The predicted molar refractivity (Wildman–Crippen MR) is 191 cm³/mol. The van der Waals surface area contributed by atoms with Crippen molar-refractivity contribution in [1.82, 2.24) is 9.80 Å². The SMILES string of the molecule is C.O/N=C(/c1ccc(C(F)(F)F)cc1F)C1CCN(Cc2ccccc2)CC1.O=C(c1ccc(C(F)(F)F)cc1F)C1CCN(Cc2ccccc2)CC1. The molecule has 4 aromatic rings. The number of carbonyl (C=O) groups is 1. The minimum Gasteiger partial charge on any atom is -0.411 e. The summed E-state index contributed by atoms with van der Waals surface area (Å²) in [4.78, 5) is 17.0. The van der Waals surface area contributed by atoms with E-state index in [-0.39, 0.29) is 36.1 Å². The largest absolute Gasteiger partial charge is 0.416 e. The Balaban J connectivity index is 0.000000236. The van der Waals surface area contributed by atoms with Crippen molar-refractivity contribution in [3.63, 3.8) is 0 Å². The van der Waals surface area contributed by atoms with Crippen LogP contribution in [0.2, 0.25) is 0 Å². The Bertz CT molecular complexity index is 1830. The molecular formula is C41H43F8N3O2. The number of Topliss-reactive ketones (excluding diaryl/α,β-unsaturated/α-hetero) is 1.